The average Bonchev–Trinajstić information content (AvgIpc) is 2.98. The number of methoxy groups -OCH3 is 1. The Bertz CT molecular complexity index is 730. The van der Waals surface area contributed by atoms with Crippen LogP contribution in [-0.2, 0) is 9.53 Å². The van der Waals surface area contributed by atoms with E-state index in [0.29, 0.717) is 20.7 Å². The van der Waals surface area contributed by atoms with Crippen LogP contribution in [0.4, 0.5) is 5.69 Å². The third-order valence-electron chi connectivity index (χ3n) is 3.27. The molecule has 1 aliphatic heterocycles. The molecule has 3 rings (SSSR count). The van der Waals surface area contributed by atoms with Crippen molar-refractivity contribution in [1.29, 1.82) is 0 Å². The molecule has 1 unspecified atom stereocenters. The van der Waals surface area contributed by atoms with Crippen molar-refractivity contribution in [2.24, 2.45) is 0 Å². The van der Waals surface area contributed by atoms with Gasteiger partial charge in [0, 0.05) is 0 Å². The van der Waals surface area contributed by atoms with E-state index >= 15 is 0 Å². The van der Waals surface area contributed by atoms with E-state index < -0.39 is 12.1 Å². The highest BCUT2D eigenvalue weighted by Crippen LogP contribution is 2.35. The molecule has 2 aromatic rings. The molecule has 1 aliphatic rings. The SMILES string of the molecule is COC(=O)C1CN(C(=O)c2ccc(Cl)s2)c2ccccc2O1. The molecule has 1 atom stereocenters. The standard InChI is InChI=1S/C15H12ClNO4S/c1-20-15(19)11-8-17(9-4-2-3-5-10(9)21-11)14(18)12-6-7-13(16)22-12/h2-7,11H,8H2,1H3. The minimum Gasteiger partial charge on any atom is -0.475 e. The molecule has 1 aromatic carbocycles. The smallest absolute Gasteiger partial charge is 0.348 e. The fraction of sp³-hybridized carbons (Fsp3) is 0.200. The molecule has 114 valence electrons. The summed E-state index contributed by atoms with van der Waals surface area (Å²) >= 11 is 7.09. The van der Waals surface area contributed by atoms with Crippen LogP contribution < -0.4 is 9.64 Å². The summed E-state index contributed by atoms with van der Waals surface area (Å²) in [6, 6.07) is 10.4. The van der Waals surface area contributed by atoms with E-state index in [0.717, 1.165) is 0 Å². The Balaban J connectivity index is 1.98. The molecule has 0 N–H and O–H groups in total. The topological polar surface area (TPSA) is 55.8 Å². The summed E-state index contributed by atoms with van der Waals surface area (Å²) in [4.78, 5) is 26.5. The van der Waals surface area contributed by atoms with Crippen molar-refractivity contribution in [2.45, 2.75) is 6.10 Å². The molecule has 0 fully saturated rings. The van der Waals surface area contributed by atoms with Crippen LogP contribution in [0.15, 0.2) is 36.4 Å². The number of amides is 1. The van der Waals surface area contributed by atoms with E-state index in [2.05, 4.69) is 0 Å². The fourth-order valence-electron chi connectivity index (χ4n) is 2.24. The van der Waals surface area contributed by atoms with Crippen LogP contribution in [-0.4, -0.2) is 31.6 Å². The number of carbonyl (C=O) groups excluding carboxylic acids is 2. The van der Waals surface area contributed by atoms with Gasteiger partial charge < -0.3 is 9.47 Å². The molecule has 0 radical (unpaired) electrons. The second-order valence-corrected chi connectivity index (χ2v) is 6.33. The maximum atomic E-state index is 12.7. The molecule has 0 aliphatic carbocycles. The van der Waals surface area contributed by atoms with E-state index in [9.17, 15) is 9.59 Å². The molecular weight excluding hydrogens is 326 g/mol. The van der Waals surface area contributed by atoms with Crippen LogP contribution in [0.5, 0.6) is 5.75 Å². The van der Waals surface area contributed by atoms with Gasteiger partial charge in [0.25, 0.3) is 5.91 Å². The predicted molar refractivity (Wildman–Crippen MR) is 83.9 cm³/mol. The van der Waals surface area contributed by atoms with Crippen LogP contribution in [0.25, 0.3) is 0 Å². The number of fused-ring (bicyclic) bond motifs is 1. The Morgan fingerprint density at radius 2 is 2.09 bits per heavy atom. The van der Waals surface area contributed by atoms with Gasteiger partial charge in [0.15, 0.2) is 0 Å². The van der Waals surface area contributed by atoms with Crippen molar-refractivity contribution in [3.63, 3.8) is 0 Å². The van der Waals surface area contributed by atoms with Crippen LogP contribution in [0.2, 0.25) is 4.34 Å². The number of ether oxygens (including phenoxy) is 2. The van der Waals surface area contributed by atoms with Crippen LogP contribution in [0.3, 0.4) is 0 Å². The molecule has 0 saturated heterocycles. The first-order valence-electron chi connectivity index (χ1n) is 6.51. The Hall–Kier alpha value is -2.05. The summed E-state index contributed by atoms with van der Waals surface area (Å²) in [7, 11) is 1.29. The number of thiophene rings is 1. The van der Waals surface area contributed by atoms with Crippen LogP contribution >= 0.6 is 22.9 Å². The number of hydrogen-bond donors (Lipinski definition) is 0. The number of nitrogens with zero attached hydrogens (tertiary/aromatic N) is 1. The van der Waals surface area contributed by atoms with Gasteiger partial charge in [0.2, 0.25) is 6.10 Å². The highest BCUT2D eigenvalue weighted by Gasteiger charge is 2.35. The summed E-state index contributed by atoms with van der Waals surface area (Å²) in [5.41, 5.74) is 0.622. The van der Waals surface area contributed by atoms with Crippen molar-refractivity contribution < 1.29 is 19.1 Å². The summed E-state index contributed by atoms with van der Waals surface area (Å²) in [5, 5.41) is 0. The van der Waals surface area contributed by atoms with Gasteiger partial charge in [-0.2, -0.15) is 0 Å². The van der Waals surface area contributed by atoms with Crippen molar-refractivity contribution in [2.75, 3.05) is 18.6 Å². The number of benzene rings is 1. The number of rotatable bonds is 2. The number of anilines is 1. The third-order valence-corrected chi connectivity index (χ3v) is 4.49. The monoisotopic (exact) mass is 337 g/mol. The zero-order valence-electron chi connectivity index (χ0n) is 11.6. The van der Waals surface area contributed by atoms with Crippen LogP contribution in [0.1, 0.15) is 9.67 Å². The Labute approximate surface area is 136 Å². The van der Waals surface area contributed by atoms with E-state index in [1.54, 1.807) is 30.3 Å². The molecule has 0 bridgehead atoms. The average molecular weight is 338 g/mol. The number of hydrogen-bond acceptors (Lipinski definition) is 5. The second kappa shape index (κ2) is 5.98. The zero-order chi connectivity index (χ0) is 15.7. The normalized spacial score (nSPS) is 16.6. The Kier molecular flexibility index (Phi) is 4.04. The third kappa shape index (κ3) is 2.67. The zero-order valence-corrected chi connectivity index (χ0v) is 13.2. The van der Waals surface area contributed by atoms with Crippen molar-refractivity contribution in [3.05, 3.63) is 45.6 Å². The lowest BCUT2D eigenvalue weighted by molar-refractivity contribution is -0.148. The molecule has 22 heavy (non-hydrogen) atoms. The number of esters is 1. The van der Waals surface area contributed by atoms with Crippen molar-refractivity contribution in [3.8, 4) is 5.75 Å². The van der Waals surface area contributed by atoms with E-state index in [4.69, 9.17) is 21.1 Å². The molecule has 0 spiro atoms. The van der Waals surface area contributed by atoms with Gasteiger partial charge in [-0.3, -0.25) is 9.69 Å². The van der Waals surface area contributed by atoms with Gasteiger partial charge >= 0.3 is 5.97 Å². The molecule has 2 heterocycles. The fourth-order valence-corrected chi connectivity index (χ4v) is 3.24. The first kappa shape index (κ1) is 14.9. The number of para-hydroxylation sites is 2. The molecule has 1 amide bonds. The summed E-state index contributed by atoms with van der Waals surface area (Å²) in [6.45, 7) is 0.0953. The van der Waals surface area contributed by atoms with Crippen molar-refractivity contribution >= 4 is 40.5 Å². The van der Waals surface area contributed by atoms with E-state index in [1.807, 2.05) is 6.07 Å². The molecule has 1 aromatic heterocycles. The van der Waals surface area contributed by atoms with Crippen molar-refractivity contribution in [1.82, 2.24) is 0 Å². The maximum Gasteiger partial charge on any atom is 0.348 e. The molecular formula is C15H12ClNO4S. The Morgan fingerprint density at radius 1 is 1.32 bits per heavy atom. The van der Waals surface area contributed by atoms with Gasteiger partial charge in [0.1, 0.15) is 5.75 Å². The highest BCUT2D eigenvalue weighted by atomic mass is 35.5. The molecule has 0 saturated carbocycles. The molecule has 7 heteroatoms. The van der Waals surface area contributed by atoms with Crippen LogP contribution in [0, 0.1) is 0 Å². The second-order valence-electron chi connectivity index (χ2n) is 4.62. The summed E-state index contributed by atoms with van der Waals surface area (Å²) in [6.07, 6.45) is -0.848. The summed E-state index contributed by atoms with van der Waals surface area (Å²) < 4.78 is 10.9. The number of carbonyl (C=O) groups is 2. The first-order valence-corrected chi connectivity index (χ1v) is 7.70. The minimum atomic E-state index is -0.848. The van der Waals surface area contributed by atoms with Gasteiger partial charge in [-0.1, -0.05) is 23.7 Å². The maximum absolute atomic E-state index is 12.7. The van der Waals surface area contributed by atoms with E-state index in [-0.39, 0.29) is 12.5 Å². The van der Waals surface area contributed by atoms with Gasteiger partial charge in [-0.05, 0) is 24.3 Å². The van der Waals surface area contributed by atoms with Gasteiger partial charge in [0.05, 0.1) is 28.6 Å². The highest BCUT2D eigenvalue weighted by molar-refractivity contribution is 7.18. The van der Waals surface area contributed by atoms with E-state index in [1.165, 1.54) is 23.3 Å². The number of halogens is 1. The quantitative estimate of drug-likeness (QED) is 0.790. The molecule has 5 nitrogen and oxygen atoms in total. The lowest BCUT2D eigenvalue weighted by Gasteiger charge is -2.33. The predicted octanol–water partition coefficient (Wildman–Crippen LogP) is 2.98. The lowest BCUT2D eigenvalue weighted by atomic mass is 10.1. The minimum absolute atomic E-state index is 0.0953. The van der Waals surface area contributed by atoms with Gasteiger partial charge in [-0.15, -0.1) is 11.3 Å². The first-order chi connectivity index (χ1) is 10.6. The summed E-state index contributed by atoms with van der Waals surface area (Å²) in [5.74, 6) is -0.266. The lowest BCUT2D eigenvalue weighted by Crippen LogP contribution is -2.47. The largest absolute Gasteiger partial charge is 0.475 e. The van der Waals surface area contributed by atoms with Gasteiger partial charge in [-0.25, -0.2) is 4.79 Å². The Morgan fingerprint density at radius 3 is 2.77 bits per heavy atom.